The first kappa shape index (κ1) is 9.72. The molecule has 0 aliphatic rings. The summed E-state index contributed by atoms with van der Waals surface area (Å²) in [5, 5.41) is 1.11. The third kappa shape index (κ3) is 1.80. The van der Waals surface area contributed by atoms with Gasteiger partial charge in [0.05, 0.1) is 11.2 Å². The van der Waals surface area contributed by atoms with E-state index in [2.05, 4.69) is 15.0 Å². The summed E-state index contributed by atoms with van der Waals surface area (Å²) in [6.45, 7) is 0. The summed E-state index contributed by atoms with van der Waals surface area (Å²) in [4.78, 5) is 12.4. The van der Waals surface area contributed by atoms with Crippen LogP contribution in [0, 0.1) is 0 Å². The van der Waals surface area contributed by atoms with Crippen LogP contribution in [0.15, 0.2) is 48.9 Å². The highest BCUT2D eigenvalue weighted by molar-refractivity contribution is 5.83. The Balaban J connectivity index is 2.18. The first-order chi connectivity index (χ1) is 8.33. The zero-order valence-corrected chi connectivity index (χ0v) is 9.04. The van der Waals surface area contributed by atoms with E-state index < -0.39 is 0 Å². The minimum atomic E-state index is 0.469. The summed E-state index contributed by atoms with van der Waals surface area (Å²) in [6, 6.07) is 11.7. The molecule has 0 fully saturated rings. The highest BCUT2D eigenvalue weighted by Crippen LogP contribution is 2.21. The smallest absolute Gasteiger partial charge is 0.127 e. The molecule has 0 bridgehead atoms. The summed E-state index contributed by atoms with van der Waals surface area (Å²) in [7, 11) is 0. The van der Waals surface area contributed by atoms with Crippen molar-refractivity contribution >= 4 is 16.7 Å². The van der Waals surface area contributed by atoms with Gasteiger partial charge in [-0.25, -0.2) is 9.97 Å². The second-order valence-corrected chi connectivity index (χ2v) is 3.74. The van der Waals surface area contributed by atoms with Crippen LogP contribution in [0.4, 0.5) is 5.82 Å². The summed E-state index contributed by atoms with van der Waals surface area (Å²) in [6.07, 6.45) is 3.24. The lowest BCUT2D eigenvalue weighted by Crippen LogP contribution is -1.92. The predicted molar refractivity (Wildman–Crippen MR) is 67.2 cm³/mol. The van der Waals surface area contributed by atoms with Crippen molar-refractivity contribution in [2.75, 3.05) is 5.73 Å². The molecule has 0 aliphatic carbocycles. The summed E-state index contributed by atoms with van der Waals surface area (Å²) < 4.78 is 0. The molecular weight excluding hydrogens is 212 g/mol. The maximum absolute atomic E-state index is 5.64. The lowest BCUT2D eigenvalue weighted by molar-refractivity contribution is 1.18. The molecule has 0 saturated heterocycles. The molecule has 0 aliphatic heterocycles. The van der Waals surface area contributed by atoms with Crippen LogP contribution in [-0.2, 0) is 0 Å². The van der Waals surface area contributed by atoms with Crippen molar-refractivity contribution in [3.63, 3.8) is 0 Å². The Labute approximate surface area is 98.2 Å². The first-order valence-electron chi connectivity index (χ1n) is 5.25. The Hall–Kier alpha value is -2.49. The molecule has 2 N–H and O–H groups in total. The van der Waals surface area contributed by atoms with E-state index in [-0.39, 0.29) is 0 Å². The Morgan fingerprint density at radius 1 is 0.941 bits per heavy atom. The molecule has 0 atom stereocenters. The van der Waals surface area contributed by atoms with Gasteiger partial charge in [0.15, 0.2) is 0 Å². The zero-order chi connectivity index (χ0) is 11.7. The van der Waals surface area contributed by atoms with Crippen molar-refractivity contribution in [2.45, 2.75) is 0 Å². The SMILES string of the molecule is Nc1cc(-c2ccc3cccnc3c2)ncn1. The first-order valence-corrected chi connectivity index (χ1v) is 5.25. The van der Waals surface area contributed by atoms with Crippen LogP contribution < -0.4 is 5.73 Å². The molecule has 0 radical (unpaired) electrons. The molecule has 3 aromatic rings. The fraction of sp³-hybridized carbons (Fsp3) is 0. The van der Waals surface area contributed by atoms with Crippen molar-refractivity contribution in [3.05, 3.63) is 48.9 Å². The van der Waals surface area contributed by atoms with Crippen LogP contribution in [0.1, 0.15) is 0 Å². The van der Waals surface area contributed by atoms with E-state index in [0.29, 0.717) is 5.82 Å². The number of hydrogen-bond donors (Lipinski definition) is 1. The molecule has 0 spiro atoms. The number of benzene rings is 1. The monoisotopic (exact) mass is 222 g/mol. The second kappa shape index (κ2) is 3.83. The maximum Gasteiger partial charge on any atom is 0.127 e. The van der Waals surface area contributed by atoms with E-state index in [1.165, 1.54) is 6.33 Å². The van der Waals surface area contributed by atoms with Crippen LogP contribution in [0.5, 0.6) is 0 Å². The van der Waals surface area contributed by atoms with Gasteiger partial charge in [-0.2, -0.15) is 0 Å². The molecule has 4 nitrogen and oxygen atoms in total. The number of nitrogen functional groups attached to an aromatic ring is 1. The van der Waals surface area contributed by atoms with Crippen molar-refractivity contribution < 1.29 is 0 Å². The van der Waals surface area contributed by atoms with E-state index >= 15 is 0 Å². The quantitative estimate of drug-likeness (QED) is 0.686. The molecule has 1 aromatic carbocycles. The fourth-order valence-electron chi connectivity index (χ4n) is 1.76. The molecule has 3 rings (SSSR count). The average molecular weight is 222 g/mol. The van der Waals surface area contributed by atoms with Gasteiger partial charge in [0.2, 0.25) is 0 Å². The predicted octanol–water partition coefficient (Wildman–Crippen LogP) is 2.27. The highest BCUT2D eigenvalue weighted by atomic mass is 14.9. The maximum atomic E-state index is 5.64. The summed E-state index contributed by atoms with van der Waals surface area (Å²) in [5.74, 6) is 0.469. The van der Waals surface area contributed by atoms with Crippen molar-refractivity contribution in [1.29, 1.82) is 0 Å². The summed E-state index contributed by atoms with van der Waals surface area (Å²) >= 11 is 0. The van der Waals surface area contributed by atoms with Crippen LogP contribution >= 0.6 is 0 Å². The number of nitrogens with zero attached hydrogens (tertiary/aromatic N) is 3. The van der Waals surface area contributed by atoms with Crippen LogP contribution in [0.2, 0.25) is 0 Å². The lowest BCUT2D eigenvalue weighted by Gasteiger charge is -2.02. The third-order valence-electron chi connectivity index (χ3n) is 2.59. The summed E-state index contributed by atoms with van der Waals surface area (Å²) in [5.41, 5.74) is 8.39. The Morgan fingerprint density at radius 3 is 2.76 bits per heavy atom. The zero-order valence-electron chi connectivity index (χ0n) is 9.04. The van der Waals surface area contributed by atoms with E-state index in [1.807, 2.05) is 30.3 Å². The van der Waals surface area contributed by atoms with Gasteiger partial charge in [0, 0.05) is 23.2 Å². The van der Waals surface area contributed by atoms with Crippen LogP contribution in [0.25, 0.3) is 22.2 Å². The molecule has 4 heteroatoms. The van der Waals surface area contributed by atoms with E-state index in [9.17, 15) is 0 Å². The average Bonchev–Trinajstić information content (AvgIpc) is 2.38. The molecule has 2 heterocycles. The minimum absolute atomic E-state index is 0.469. The Bertz CT molecular complexity index is 679. The Morgan fingerprint density at radius 2 is 1.88 bits per heavy atom. The lowest BCUT2D eigenvalue weighted by atomic mass is 10.1. The number of anilines is 1. The van der Waals surface area contributed by atoms with Gasteiger partial charge in [-0.05, 0) is 12.1 Å². The third-order valence-corrected chi connectivity index (χ3v) is 2.59. The fourth-order valence-corrected chi connectivity index (χ4v) is 1.76. The largest absolute Gasteiger partial charge is 0.384 e. The number of rotatable bonds is 1. The Kier molecular flexibility index (Phi) is 2.19. The molecule has 0 saturated carbocycles. The number of fused-ring (bicyclic) bond motifs is 1. The van der Waals surface area contributed by atoms with Crippen LogP contribution in [0.3, 0.4) is 0 Å². The van der Waals surface area contributed by atoms with Crippen molar-refractivity contribution in [2.24, 2.45) is 0 Å². The van der Waals surface area contributed by atoms with Crippen LogP contribution in [-0.4, -0.2) is 15.0 Å². The highest BCUT2D eigenvalue weighted by Gasteiger charge is 2.02. The standard InChI is InChI=1S/C13H10N4/c14-13-7-12(16-8-17-13)10-4-3-9-2-1-5-15-11(9)6-10/h1-8H,(H2,14,16,17). The van der Waals surface area contributed by atoms with Gasteiger partial charge in [0.1, 0.15) is 12.1 Å². The normalized spacial score (nSPS) is 10.6. The minimum Gasteiger partial charge on any atom is -0.384 e. The van der Waals surface area contributed by atoms with E-state index in [1.54, 1.807) is 12.3 Å². The van der Waals surface area contributed by atoms with Crippen molar-refractivity contribution in [1.82, 2.24) is 15.0 Å². The van der Waals surface area contributed by atoms with Crippen molar-refractivity contribution in [3.8, 4) is 11.3 Å². The van der Waals surface area contributed by atoms with Gasteiger partial charge >= 0.3 is 0 Å². The molecule has 2 aromatic heterocycles. The molecule has 0 unspecified atom stereocenters. The van der Waals surface area contributed by atoms with Gasteiger partial charge in [0.25, 0.3) is 0 Å². The second-order valence-electron chi connectivity index (χ2n) is 3.74. The van der Waals surface area contributed by atoms with Gasteiger partial charge in [-0.15, -0.1) is 0 Å². The molecular formula is C13H10N4. The number of nitrogens with two attached hydrogens (primary N) is 1. The molecule has 0 amide bonds. The topological polar surface area (TPSA) is 64.7 Å². The van der Waals surface area contributed by atoms with Gasteiger partial charge in [-0.3, -0.25) is 4.98 Å². The molecule has 17 heavy (non-hydrogen) atoms. The number of hydrogen-bond acceptors (Lipinski definition) is 4. The van der Waals surface area contributed by atoms with E-state index in [4.69, 9.17) is 5.73 Å². The number of pyridine rings is 1. The van der Waals surface area contributed by atoms with E-state index in [0.717, 1.165) is 22.2 Å². The van der Waals surface area contributed by atoms with Gasteiger partial charge in [-0.1, -0.05) is 18.2 Å². The number of aromatic nitrogens is 3. The molecule has 82 valence electrons. The van der Waals surface area contributed by atoms with Gasteiger partial charge < -0.3 is 5.73 Å².